The molecule has 0 saturated carbocycles. The lowest BCUT2D eigenvalue weighted by molar-refractivity contribution is -0.137. The largest absolute Gasteiger partial charge is 0.416 e. The van der Waals surface area contributed by atoms with Gasteiger partial charge in [-0.15, -0.1) is 0 Å². The number of benzene rings is 3. The standard InChI is InChI=1S/C25H23F3N2O2/c26-25(27,28)22-10-4-9-21(16-22)19-11-13-20(14-12-19)24(32)30-17-23(31)29-15-5-8-18-6-2-1-3-7-18/h1-4,6-7,9-14,16H,5,8,15,17H2,(H,29,31)(H,30,32). The third kappa shape index (κ3) is 6.70. The van der Waals surface area contributed by atoms with Crippen molar-refractivity contribution in [1.29, 1.82) is 0 Å². The van der Waals surface area contributed by atoms with Gasteiger partial charge in [0.2, 0.25) is 5.91 Å². The maximum atomic E-state index is 12.9. The second-order valence-electron chi connectivity index (χ2n) is 7.28. The highest BCUT2D eigenvalue weighted by atomic mass is 19.4. The minimum Gasteiger partial charge on any atom is -0.355 e. The van der Waals surface area contributed by atoms with Gasteiger partial charge in [-0.05, 0) is 53.8 Å². The second kappa shape index (κ2) is 10.6. The van der Waals surface area contributed by atoms with Crippen LogP contribution in [-0.2, 0) is 17.4 Å². The average molecular weight is 440 g/mol. The summed E-state index contributed by atoms with van der Waals surface area (Å²) in [5.74, 6) is -0.716. The van der Waals surface area contributed by atoms with E-state index in [2.05, 4.69) is 10.6 Å². The fourth-order valence-electron chi connectivity index (χ4n) is 3.18. The first-order valence-electron chi connectivity index (χ1n) is 10.2. The predicted molar refractivity (Wildman–Crippen MR) is 117 cm³/mol. The Balaban J connectivity index is 1.46. The first-order chi connectivity index (χ1) is 15.3. The molecular formula is C25H23F3N2O2. The number of hydrogen-bond acceptors (Lipinski definition) is 2. The first kappa shape index (κ1) is 23.1. The minimum absolute atomic E-state index is 0.153. The third-order valence-corrected chi connectivity index (χ3v) is 4.89. The monoisotopic (exact) mass is 440 g/mol. The molecule has 0 aromatic heterocycles. The van der Waals surface area contributed by atoms with Crippen molar-refractivity contribution in [2.45, 2.75) is 19.0 Å². The molecule has 4 nitrogen and oxygen atoms in total. The number of aryl methyl sites for hydroxylation is 1. The van der Waals surface area contributed by atoms with Gasteiger partial charge in [0.1, 0.15) is 0 Å². The van der Waals surface area contributed by atoms with E-state index in [1.807, 2.05) is 30.3 Å². The summed E-state index contributed by atoms with van der Waals surface area (Å²) in [7, 11) is 0. The van der Waals surface area contributed by atoms with Gasteiger partial charge in [0, 0.05) is 12.1 Å². The maximum Gasteiger partial charge on any atom is 0.416 e. The molecule has 0 aliphatic carbocycles. The fraction of sp³-hybridized carbons (Fsp3) is 0.200. The smallest absolute Gasteiger partial charge is 0.355 e. The Kier molecular flexibility index (Phi) is 7.65. The lowest BCUT2D eigenvalue weighted by Crippen LogP contribution is -2.37. The zero-order valence-corrected chi connectivity index (χ0v) is 17.3. The molecule has 3 aromatic carbocycles. The molecule has 166 valence electrons. The van der Waals surface area contributed by atoms with Crippen LogP contribution in [0.25, 0.3) is 11.1 Å². The Labute approximate surface area is 184 Å². The van der Waals surface area contributed by atoms with Crippen LogP contribution >= 0.6 is 0 Å². The number of nitrogens with one attached hydrogen (secondary N) is 2. The lowest BCUT2D eigenvalue weighted by Gasteiger charge is -2.10. The summed E-state index contributed by atoms with van der Waals surface area (Å²) in [5, 5.41) is 5.31. The second-order valence-corrected chi connectivity index (χ2v) is 7.28. The summed E-state index contributed by atoms with van der Waals surface area (Å²) in [5.41, 5.74) is 1.75. The molecule has 2 amide bonds. The van der Waals surface area contributed by atoms with Crippen molar-refractivity contribution in [2.75, 3.05) is 13.1 Å². The van der Waals surface area contributed by atoms with Crippen molar-refractivity contribution in [2.24, 2.45) is 0 Å². The van der Waals surface area contributed by atoms with Crippen LogP contribution in [0.1, 0.15) is 27.9 Å². The van der Waals surface area contributed by atoms with Gasteiger partial charge in [-0.25, -0.2) is 0 Å². The van der Waals surface area contributed by atoms with E-state index in [1.54, 1.807) is 18.2 Å². The van der Waals surface area contributed by atoms with Crippen LogP contribution in [0.2, 0.25) is 0 Å². The highest BCUT2D eigenvalue weighted by Gasteiger charge is 2.30. The van der Waals surface area contributed by atoms with E-state index in [0.29, 0.717) is 23.2 Å². The highest BCUT2D eigenvalue weighted by Crippen LogP contribution is 2.32. The van der Waals surface area contributed by atoms with Gasteiger partial charge < -0.3 is 10.6 Å². The van der Waals surface area contributed by atoms with Crippen molar-refractivity contribution in [3.63, 3.8) is 0 Å². The number of amides is 2. The van der Waals surface area contributed by atoms with E-state index in [9.17, 15) is 22.8 Å². The van der Waals surface area contributed by atoms with Crippen molar-refractivity contribution < 1.29 is 22.8 Å². The molecule has 0 radical (unpaired) electrons. The molecule has 0 atom stereocenters. The zero-order valence-electron chi connectivity index (χ0n) is 17.3. The van der Waals surface area contributed by atoms with Gasteiger partial charge in [0.25, 0.3) is 5.91 Å². The number of rotatable bonds is 8. The van der Waals surface area contributed by atoms with Crippen LogP contribution in [0.15, 0.2) is 78.9 Å². The highest BCUT2D eigenvalue weighted by molar-refractivity contribution is 5.96. The van der Waals surface area contributed by atoms with Gasteiger partial charge in [-0.1, -0.05) is 54.6 Å². The van der Waals surface area contributed by atoms with Crippen LogP contribution in [0, 0.1) is 0 Å². The molecule has 0 bridgehead atoms. The predicted octanol–water partition coefficient (Wildman–Crippen LogP) is 4.85. The van der Waals surface area contributed by atoms with Gasteiger partial charge in [0.15, 0.2) is 0 Å². The molecule has 3 rings (SSSR count). The summed E-state index contributed by atoms with van der Waals surface area (Å²) in [6, 6.07) is 21.1. The van der Waals surface area contributed by atoms with E-state index in [4.69, 9.17) is 0 Å². The number of alkyl halides is 3. The SMILES string of the molecule is O=C(CNC(=O)c1ccc(-c2cccc(C(F)(F)F)c2)cc1)NCCCc1ccccc1. The first-order valence-corrected chi connectivity index (χ1v) is 10.2. The molecule has 0 heterocycles. The zero-order chi connectivity index (χ0) is 23.0. The molecule has 0 unspecified atom stereocenters. The van der Waals surface area contributed by atoms with Crippen LogP contribution in [0.5, 0.6) is 0 Å². The molecule has 7 heteroatoms. The molecule has 2 N–H and O–H groups in total. The molecular weight excluding hydrogens is 417 g/mol. The molecule has 0 aliphatic rings. The Morgan fingerprint density at radius 2 is 1.50 bits per heavy atom. The topological polar surface area (TPSA) is 58.2 Å². The fourth-order valence-corrected chi connectivity index (χ4v) is 3.18. The molecule has 0 spiro atoms. The van der Waals surface area contributed by atoms with E-state index in [1.165, 1.54) is 23.8 Å². The van der Waals surface area contributed by atoms with E-state index < -0.39 is 17.6 Å². The summed E-state index contributed by atoms with van der Waals surface area (Å²) in [4.78, 5) is 24.2. The van der Waals surface area contributed by atoms with Gasteiger partial charge >= 0.3 is 6.18 Å². The molecule has 0 aliphatic heterocycles. The average Bonchev–Trinajstić information content (AvgIpc) is 2.80. The van der Waals surface area contributed by atoms with Crippen LogP contribution in [-0.4, -0.2) is 24.9 Å². The summed E-state index contributed by atoms with van der Waals surface area (Å²) in [6.07, 6.45) is -2.77. The number of carbonyl (C=O) groups excluding carboxylic acids is 2. The minimum atomic E-state index is -4.42. The summed E-state index contributed by atoms with van der Waals surface area (Å²) >= 11 is 0. The van der Waals surface area contributed by atoms with E-state index in [0.717, 1.165) is 25.0 Å². The molecule has 0 fully saturated rings. The Morgan fingerprint density at radius 3 is 2.19 bits per heavy atom. The maximum absolute atomic E-state index is 12.9. The van der Waals surface area contributed by atoms with Gasteiger partial charge in [-0.3, -0.25) is 9.59 Å². The van der Waals surface area contributed by atoms with Crippen LogP contribution < -0.4 is 10.6 Å². The Morgan fingerprint density at radius 1 is 0.781 bits per heavy atom. The van der Waals surface area contributed by atoms with Crippen molar-refractivity contribution in [3.05, 3.63) is 95.6 Å². The van der Waals surface area contributed by atoms with Crippen molar-refractivity contribution in [1.82, 2.24) is 10.6 Å². The van der Waals surface area contributed by atoms with Gasteiger partial charge in [0.05, 0.1) is 12.1 Å². The Bertz CT molecular complexity index is 1050. The number of halogens is 3. The summed E-state index contributed by atoms with van der Waals surface area (Å²) in [6.45, 7) is 0.356. The number of hydrogen-bond donors (Lipinski definition) is 2. The molecule has 0 saturated heterocycles. The van der Waals surface area contributed by atoms with Crippen LogP contribution in [0.4, 0.5) is 13.2 Å². The summed E-state index contributed by atoms with van der Waals surface area (Å²) < 4.78 is 38.7. The lowest BCUT2D eigenvalue weighted by atomic mass is 10.0. The van der Waals surface area contributed by atoms with Crippen molar-refractivity contribution in [3.8, 4) is 11.1 Å². The van der Waals surface area contributed by atoms with Gasteiger partial charge in [-0.2, -0.15) is 13.2 Å². The Hall–Kier alpha value is -3.61. The van der Waals surface area contributed by atoms with E-state index in [-0.39, 0.29) is 12.5 Å². The van der Waals surface area contributed by atoms with E-state index >= 15 is 0 Å². The normalized spacial score (nSPS) is 11.1. The van der Waals surface area contributed by atoms with Crippen molar-refractivity contribution >= 4 is 11.8 Å². The quantitative estimate of drug-likeness (QED) is 0.492. The molecule has 3 aromatic rings. The molecule has 32 heavy (non-hydrogen) atoms. The number of carbonyl (C=O) groups is 2. The third-order valence-electron chi connectivity index (χ3n) is 4.89. The van der Waals surface area contributed by atoms with Crippen LogP contribution in [0.3, 0.4) is 0 Å².